The van der Waals surface area contributed by atoms with Crippen LogP contribution >= 0.6 is 0 Å². The fourth-order valence-electron chi connectivity index (χ4n) is 4.25. The Balaban J connectivity index is 1.31. The average molecular weight is 473 g/mol. The summed E-state index contributed by atoms with van der Waals surface area (Å²) in [5.74, 6) is 0.491. The lowest BCUT2D eigenvalue weighted by Crippen LogP contribution is -2.48. The van der Waals surface area contributed by atoms with Gasteiger partial charge in [-0.15, -0.1) is 0 Å². The summed E-state index contributed by atoms with van der Waals surface area (Å²) in [7, 11) is 1.67. The van der Waals surface area contributed by atoms with E-state index in [1.165, 1.54) is 0 Å². The summed E-state index contributed by atoms with van der Waals surface area (Å²) in [4.78, 5) is 30.2. The molecular weight excluding hydrogens is 440 g/mol. The van der Waals surface area contributed by atoms with Crippen LogP contribution in [0.5, 0.6) is 5.75 Å². The Morgan fingerprint density at radius 2 is 1.63 bits per heavy atom. The van der Waals surface area contributed by atoms with Gasteiger partial charge in [0.2, 0.25) is 5.91 Å². The summed E-state index contributed by atoms with van der Waals surface area (Å²) >= 11 is 0. The van der Waals surface area contributed by atoms with E-state index in [2.05, 4.69) is 26.5 Å². The minimum absolute atomic E-state index is 0.129. The number of nitrogens with zero attached hydrogens (tertiary/aromatic N) is 2. The molecule has 7 heteroatoms. The molecule has 7 nitrogen and oxygen atoms in total. The van der Waals surface area contributed by atoms with E-state index in [1.807, 2.05) is 61.5 Å². The molecule has 2 amide bonds. The van der Waals surface area contributed by atoms with Gasteiger partial charge in [-0.1, -0.05) is 48.5 Å². The zero-order valence-corrected chi connectivity index (χ0v) is 20.2. The average Bonchev–Trinajstić information content (AvgIpc) is 2.90. The Hall–Kier alpha value is -3.84. The fraction of sp³-hybridized carbons (Fsp3) is 0.286. The minimum Gasteiger partial charge on any atom is -0.497 e. The molecule has 35 heavy (non-hydrogen) atoms. The van der Waals surface area contributed by atoms with Gasteiger partial charge in [-0.2, -0.15) is 0 Å². The number of hydrogen-bond acceptors (Lipinski definition) is 5. The predicted octanol–water partition coefficient (Wildman–Crippen LogP) is 3.95. The van der Waals surface area contributed by atoms with Crippen LogP contribution in [0.15, 0.2) is 78.9 Å². The normalized spacial score (nSPS) is 14.7. The maximum atomic E-state index is 13.0. The molecule has 1 saturated heterocycles. The lowest BCUT2D eigenvalue weighted by molar-refractivity contribution is -0.117. The van der Waals surface area contributed by atoms with Crippen molar-refractivity contribution < 1.29 is 14.3 Å². The number of nitrogens with one attached hydrogen (secondary N) is 2. The quantitative estimate of drug-likeness (QED) is 0.519. The van der Waals surface area contributed by atoms with Crippen molar-refractivity contribution in [3.05, 3.63) is 90.0 Å². The first-order chi connectivity index (χ1) is 17.0. The summed E-state index contributed by atoms with van der Waals surface area (Å²) in [6.07, 6.45) is 0. The van der Waals surface area contributed by atoms with E-state index < -0.39 is 0 Å². The van der Waals surface area contributed by atoms with Gasteiger partial charge in [0, 0.05) is 37.9 Å². The number of hydrogen-bond donors (Lipinski definition) is 2. The van der Waals surface area contributed by atoms with Crippen molar-refractivity contribution in [2.75, 3.05) is 50.1 Å². The largest absolute Gasteiger partial charge is 0.497 e. The molecule has 3 aromatic carbocycles. The second-order valence-electron chi connectivity index (χ2n) is 8.66. The first-order valence-electron chi connectivity index (χ1n) is 11.9. The van der Waals surface area contributed by atoms with E-state index in [0.29, 0.717) is 11.3 Å². The van der Waals surface area contributed by atoms with E-state index in [-0.39, 0.29) is 24.4 Å². The maximum Gasteiger partial charge on any atom is 0.253 e. The zero-order chi connectivity index (χ0) is 24.6. The molecule has 2 N–H and O–H groups in total. The highest BCUT2D eigenvalue weighted by molar-refractivity contribution is 6.04. The molecule has 1 atom stereocenters. The van der Waals surface area contributed by atoms with Crippen molar-refractivity contribution in [1.29, 1.82) is 0 Å². The number of anilines is 2. The molecule has 1 fully saturated rings. The third-order valence-corrected chi connectivity index (χ3v) is 6.25. The molecule has 182 valence electrons. The van der Waals surface area contributed by atoms with Crippen molar-refractivity contribution in [3.8, 4) is 5.75 Å². The summed E-state index contributed by atoms with van der Waals surface area (Å²) in [6, 6.07) is 24.8. The fourth-order valence-corrected chi connectivity index (χ4v) is 4.25. The minimum atomic E-state index is -0.218. The van der Waals surface area contributed by atoms with Crippen molar-refractivity contribution in [2.24, 2.45) is 0 Å². The van der Waals surface area contributed by atoms with E-state index in [0.717, 1.165) is 43.2 Å². The molecule has 1 heterocycles. The van der Waals surface area contributed by atoms with Crippen LogP contribution in [0.2, 0.25) is 0 Å². The van der Waals surface area contributed by atoms with Crippen LogP contribution in [-0.4, -0.2) is 56.5 Å². The Morgan fingerprint density at radius 3 is 2.37 bits per heavy atom. The number of amides is 2. The highest BCUT2D eigenvalue weighted by atomic mass is 16.5. The number of methoxy groups -OCH3 is 1. The van der Waals surface area contributed by atoms with E-state index in [9.17, 15) is 9.59 Å². The Kier molecular flexibility index (Phi) is 8.00. The molecular formula is C28H32N4O3. The highest BCUT2D eigenvalue weighted by Gasteiger charge is 2.21. The third kappa shape index (κ3) is 6.39. The molecule has 0 saturated carbocycles. The first-order valence-corrected chi connectivity index (χ1v) is 11.9. The van der Waals surface area contributed by atoms with Crippen LogP contribution in [0.25, 0.3) is 0 Å². The molecule has 3 aromatic rings. The van der Waals surface area contributed by atoms with Crippen LogP contribution in [0.1, 0.15) is 28.9 Å². The molecule has 0 radical (unpaired) electrons. The Bertz CT molecular complexity index is 1140. The van der Waals surface area contributed by atoms with Crippen molar-refractivity contribution in [1.82, 2.24) is 10.2 Å². The standard InChI is InChI=1S/C28H32N4O3/c1-21(22-9-4-3-5-10-22)29-28(34)25-13-6-7-14-26(25)30-27(33)20-31-15-17-32(18-16-31)23-11-8-12-24(19-23)35-2/h3-14,19,21H,15-18,20H2,1-2H3,(H,29,34)(H,30,33). The maximum absolute atomic E-state index is 13.0. The summed E-state index contributed by atoms with van der Waals surface area (Å²) < 4.78 is 5.33. The van der Waals surface area contributed by atoms with Gasteiger partial charge in [-0.05, 0) is 36.8 Å². The van der Waals surface area contributed by atoms with Gasteiger partial charge in [-0.3, -0.25) is 14.5 Å². The molecule has 0 aromatic heterocycles. The van der Waals surface area contributed by atoms with E-state index in [4.69, 9.17) is 4.74 Å². The van der Waals surface area contributed by atoms with Crippen LogP contribution < -0.4 is 20.3 Å². The van der Waals surface area contributed by atoms with Gasteiger partial charge >= 0.3 is 0 Å². The van der Waals surface area contributed by atoms with Crippen molar-refractivity contribution >= 4 is 23.2 Å². The number of para-hydroxylation sites is 1. The van der Waals surface area contributed by atoms with Crippen LogP contribution in [-0.2, 0) is 4.79 Å². The molecule has 4 rings (SSSR count). The molecule has 0 aliphatic carbocycles. The van der Waals surface area contributed by atoms with Gasteiger partial charge in [-0.25, -0.2) is 0 Å². The van der Waals surface area contributed by atoms with E-state index in [1.54, 1.807) is 25.3 Å². The van der Waals surface area contributed by atoms with Gasteiger partial charge in [0.05, 0.1) is 30.9 Å². The van der Waals surface area contributed by atoms with Crippen LogP contribution in [0.4, 0.5) is 11.4 Å². The van der Waals surface area contributed by atoms with Crippen molar-refractivity contribution in [3.63, 3.8) is 0 Å². The number of benzene rings is 3. The summed E-state index contributed by atoms with van der Waals surface area (Å²) in [5.41, 5.74) is 3.12. The van der Waals surface area contributed by atoms with E-state index >= 15 is 0 Å². The predicted molar refractivity (Wildman–Crippen MR) is 139 cm³/mol. The van der Waals surface area contributed by atoms with Gasteiger partial charge in [0.1, 0.15) is 5.75 Å². The molecule has 0 bridgehead atoms. The van der Waals surface area contributed by atoms with Gasteiger partial charge < -0.3 is 20.3 Å². The molecule has 1 aliphatic heterocycles. The smallest absolute Gasteiger partial charge is 0.253 e. The Labute approximate surface area is 206 Å². The number of ether oxygens (including phenoxy) is 1. The topological polar surface area (TPSA) is 73.9 Å². The third-order valence-electron chi connectivity index (χ3n) is 6.25. The highest BCUT2D eigenvalue weighted by Crippen LogP contribution is 2.22. The molecule has 1 aliphatic rings. The van der Waals surface area contributed by atoms with Gasteiger partial charge in [0.25, 0.3) is 5.91 Å². The second kappa shape index (κ2) is 11.5. The monoisotopic (exact) mass is 472 g/mol. The molecule has 0 spiro atoms. The lowest BCUT2D eigenvalue weighted by atomic mass is 10.1. The molecule has 1 unspecified atom stereocenters. The second-order valence-corrected chi connectivity index (χ2v) is 8.66. The van der Waals surface area contributed by atoms with Gasteiger partial charge in [0.15, 0.2) is 0 Å². The summed E-state index contributed by atoms with van der Waals surface area (Å²) in [6.45, 7) is 5.44. The number of piperazine rings is 1. The Morgan fingerprint density at radius 1 is 0.914 bits per heavy atom. The number of rotatable bonds is 8. The number of carbonyl (C=O) groups excluding carboxylic acids is 2. The zero-order valence-electron chi connectivity index (χ0n) is 20.2. The summed E-state index contributed by atoms with van der Waals surface area (Å²) in [5, 5.41) is 5.96. The first kappa shape index (κ1) is 24.3. The number of carbonyl (C=O) groups is 2. The van der Waals surface area contributed by atoms with Crippen LogP contribution in [0, 0.1) is 0 Å². The lowest BCUT2D eigenvalue weighted by Gasteiger charge is -2.35. The SMILES string of the molecule is COc1cccc(N2CCN(CC(=O)Nc3ccccc3C(=O)NC(C)c3ccccc3)CC2)c1. The van der Waals surface area contributed by atoms with Crippen molar-refractivity contribution in [2.45, 2.75) is 13.0 Å². The van der Waals surface area contributed by atoms with Crippen LogP contribution in [0.3, 0.4) is 0 Å².